The predicted molar refractivity (Wildman–Crippen MR) is 214 cm³/mol. The molecule has 16 heteroatoms. The molecule has 7 aromatic rings. The molecule has 0 aliphatic carbocycles. The van der Waals surface area contributed by atoms with Gasteiger partial charge in [-0.3, -0.25) is 24.9 Å². The fourth-order valence-corrected chi connectivity index (χ4v) is 9.12. The van der Waals surface area contributed by atoms with Crippen LogP contribution >= 0.6 is 46.2 Å². The molecule has 0 aliphatic heterocycles. The zero-order chi connectivity index (χ0) is 37.5. The van der Waals surface area contributed by atoms with E-state index < -0.39 is 11.8 Å². The van der Waals surface area contributed by atoms with Gasteiger partial charge in [0.2, 0.25) is 0 Å². The lowest BCUT2D eigenvalue weighted by atomic mass is 10.1. The molecule has 0 bridgehead atoms. The third-order valence-electron chi connectivity index (χ3n) is 7.45. The number of hydrogen-bond acceptors (Lipinski definition) is 12. The summed E-state index contributed by atoms with van der Waals surface area (Å²) in [7, 11) is 2.99. The average Bonchev–Trinajstić information content (AvgIpc) is 3.78. The molecule has 4 heterocycles. The van der Waals surface area contributed by atoms with Crippen LogP contribution in [-0.4, -0.2) is 42.0 Å². The van der Waals surface area contributed by atoms with Crippen molar-refractivity contribution >= 4 is 102 Å². The standard InChI is InChI=1S/C22H18N4O3S2.C15H13N3O2S2/c1-29-17-12-16-14(11-15(17)21(23)27)18(9-10-24-16)30-20-8-7-19(31-20)26-22(28)25-13-5-3-2-4-6-13;1-20-11-7-10-8(6-9(11)15(17)19)12(4-5-18-10)21-14-3-2-13(16)22-14/h2-12H,1H3,(H2,23,27)(H2,25,26,28);2-7H,16H2,1H3,(H2,17,19). The Bertz CT molecular complexity index is 2450. The van der Waals surface area contributed by atoms with E-state index in [0.717, 1.165) is 45.2 Å². The summed E-state index contributed by atoms with van der Waals surface area (Å²) < 4.78 is 12.5. The highest BCUT2D eigenvalue weighted by Gasteiger charge is 2.16. The second-order valence-corrected chi connectivity index (χ2v) is 15.8. The number of carbonyl (C=O) groups is 3. The van der Waals surface area contributed by atoms with E-state index in [1.54, 1.807) is 48.4 Å². The largest absolute Gasteiger partial charge is 0.496 e. The fraction of sp³-hybridized carbons (Fsp3) is 0.0541. The van der Waals surface area contributed by atoms with Gasteiger partial charge in [-0.2, -0.15) is 0 Å². The Morgan fingerprint density at radius 2 is 1.19 bits per heavy atom. The molecule has 3 aromatic carbocycles. The second-order valence-electron chi connectivity index (χ2n) is 10.9. The van der Waals surface area contributed by atoms with Crippen molar-refractivity contribution in [3.05, 3.63) is 115 Å². The van der Waals surface area contributed by atoms with Crippen LogP contribution in [0.3, 0.4) is 0 Å². The molecular formula is C37H31N7O5S4. The van der Waals surface area contributed by atoms with E-state index in [0.29, 0.717) is 33.1 Å². The molecule has 8 N–H and O–H groups in total. The van der Waals surface area contributed by atoms with Crippen LogP contribution in [0.1, 0.15) is 20.7 Å². The highest BCUT2D eigenvalue weighted by Crippen LogP contribution is 2.41. The smallest absolute Gasteiger partial charge is 0.324 e. The van der Waals surface area contributed by atoms with Crippen molar-refractivity contribution in [3.8, 4) is 11.5 Å². The van der Waals surface area contributed by atoms with E-state index in [9.17, 15) is 14.4 Å². The number of carbonyl (C=O) groups excluding carboxylic acids is 3. The number of aromatic nitrogens is 2. The number of methoxy groups -OCH3 is 2. The molecule has 0 aliphatic rings. The predicted octanol–water partition coefficient (Wildman–Crippen LogP) is 8.34. The molecule has 0 atom stereocenters. The molecule has 0 fully saturated rings. The third kappa shape index (κ3) is 8.99. The summed E-state index contributed by atoms with van der Waals surface area (Å²) in [5.41, 5.74) is 19.5. The first-order chi connectivity index (χ1) is 25.6. The number of urea groups is 1. The first-order valence-corrected chi connectivity index (χ1v) is 18.9. The van der Waals surface area contributed by atoms with Gasteiger partial charge in [0, 0.05) is 50.8 Å². The summed E-state index contributed by atoms with van der Waals surface area (Å²) >= 11 is 6.06. The van der Waals surface area contributed by atoms with E-state index in [2.05, 4.69) is 20.6 Å². The molecule has 12 nitrogen and oxygen atoms in total. The number of ether oxygens (including phenoxy) is 2. The zero-order valence-electron chi connectivity index (χ0n) is 28.1. The van der Waals surface area contributed by atoms with Gasteiger partial charge in [-0.25, -0.2) is 4.79 Å². The Morgan fingerprint density at radius 3 is 1.68 bits per heavy atom. The summed E-state index contributed by atoms with van der Waals surface area (Å²) in [6.07, 6.45) is 3.43. The van der Waals surface area contributed by atoms with Crippen LogP contribution in [0, 0.1) is 0 Å². The van der Waals surface area contributed by atoms with Gasteiger partial charge in [-0.1, -0.05) is 41.7 Å². The van der Waals surface area contributed by atoms with Gasteiger partial charge in [0.1, 0.15) is 11.5 Å². The molecule has 268 valence electrons. The van der Waals surface area contributed by atoms with Crippen molar-refractivity contribution in [1.29, 1.82) is 0 Å². The fourth-order valence-electron chi connectivity index (χ4n) is 5.04. The second kappa shape index (κ2) is 16.7. The van der Waals surface area contributed by atoms with Gasteiger partial charge in [0.05, 0.1) is 54.8 Å². The first kappa shape index (κ1) is 37.0. The van der Waals surface area contributed by atoms with Crippen molar-refractivity contribution in [1.82, 2.24) is 9.97 Å². The molecular weight excluding hydrogens is 751 g/mol. The van der Waals surface area contributed by atoms with Crippen LogP contribution in [-0.2, 0) is 0 Å². The Labute approximate surface area is 320 Å². The first-order valence-electron chi connectivity index (χ1n) is 15.6. The normalized spacial score (nSPS) is 10.7. The molecule has 0 spiro atoms. The maximum atomic E-state index is 12.2. The van der Waals surface area contributed by atoms with Crippen LogP contribution < -0.4 is 37.3 Å². The lowest BCUT2D eigenvalue weighted by molar-refractivity contribution is 0.0989. The Morgan fingerprint density at radius 1 is 0.660 bits per heavy atom. The van der Waals surface area contributed by atoms with Gasteiger partial charge in [-0.05, 0) is 60.7 Å². The minimum Gasteiger partial charge on any atom is -0.496 e. The average molecular weight is 782 g/mol. The number of amides is 4. The van der Waals surface area contributed by atoms with Crippen molar-refractivity contribution in [2.24, 2.45) is 11.5 Å². The molecule has 53 heavy (non-hydrogen) atoms. The minimum absolute atomic E-state index is 0.302. The van der Waals surface area contributed by atoms with Crippen LogP contribution in [0.4, 0.5) is 20.5 Å². The van der Waals surface area contributed by atoms with Gasteiger partial charge >= 0.3 is 6.03 Å². The number of nitrogens with two attached hydrogens (primary N) is 3. The van der Waals surface area contributed by atoms with Crippen molar-refractivity contribution in [2.75, 3.05) is 30.6 Å². The van der Waals surface area contributed by atoms with E-state index in [-0.39, 0.29) is 6.03 Å². The van der Waals surface area contributed by atoms with E-state index >= 15 is 0 Å². The molecule has 0 saturated carbocycles. The number of pyridine rings is 2. The summed E-state index contributed by atoms with van der Waals surface area (Å²) in [4.78, 5) is 46.2. The highest BCUT2D eigenvalue weighted by atomic mass is 32.2. The lowest BCUT2D eigenvalue weighted by Gasteiger charge is -2.10. The van der Waals surface area contributed by atoms with Crippen LogP contribution in [0.2, 0.25) is 0 Å². The number of thiophene rings is 2. The van der Waals surface area contributed by atoms with E-state index in [4.69, 9.17) is 26.7 Å². The number of nitrogens with zero attached hydrogens (tertiary/aromatic N) is 2. The van der Waals surface area contributed by atoms with E-state index in [1.807, 2.05) is 66.7 Å². The molecule has 0 unspecified atom stereocenters. The van der Waals surface area contributed by atoms with Crippen molar-refractivity contribution < 1.29 is 23.9 Å². The van der Waals surface area contributed by atoms with Crippen LogP contribution in [0.5, 0.6) is 11.5 Å². The maximum absolute atomic E-state index is 12.2. The summed E-state index contributed by atoms with van der Waals surface area (Å²) in [6.45, 7) is 0. The molecule has 7 rings (SSSR count). The number of anilines is 3. The Hall–Kier alpha value is -5.81. The van der Waals surface area contributed by atoms with E-state index in [1.165, 1.54) is 48.7 Å². The summed E-state index contributed by atoms with van der Waals surface area (Å²) in [5, 5.41) is 8.76. The van der Waals surface area contributed by atoms with Gasteiger partial charge in [0.15, 0.2) is 0 Å². The lowest BCUT2D eigenvalue weighted by Crippen LogP contribution is -2.18. The zero-order valence-corrected chi connectivity index (χ0v) is 31.4. The van der Waals surface area contributed by atoms with Crippen LogP contribution in [0.15, 0.2) is 122 Å². The molecule has 0 radical (unpaired) electrons. The van der Waals surface area contributed by atoms with Crippen molar-refractivity contribution in [2.45, 2.75) is 18.2 Å². The number of nitrogens with one attached hydrogen (secondary N) is 2. The van der Waals surface area contributed by atoms with Gasteiger partial charge < -0.3 is 32.0 Å². The number of primary amides is 2. The van der Waals surface area contributed by atoms with Gasteiger partial charge in [0.25, 0.3) is 11.8 Å². The van der Waals surface area contributed by atoms with Crippen LogP contribution in [0.25, 0.3) is 21.8 Å². The number of benzene rings is 3. The number of fused-ring (bicyclic) bond motifs is 2. The Balaban J connectivity index is 0.000000192. The number of nitrogen functional groups attached to an aromatic ring is 1. The number of para-hydroxylation sites is 1. The third-order valence-corrected chi connectivity index (χ3v) is 11.8. The molecule has 0 saturated heterocycles. The quantitative estimate of drug-likeness (QED) is 0.0899. The summed E-state index contributed by atoms with van der Waals surface area (Å²) in [6, 6.07) is 27.2. The van der Waals surface area contributed by atoms with Gasteiger partial charge in [-0.15, -0.1) is 22.7 Å². The SMILES string of the molecule is COc1cc2nccc(Sc3ccc(N)s3)c2cc1C(N)=O.COc1cc2nccc(Sc3ccc(NC(=O)Nc4ccccc4)s3)c2cc1C(N)=O. The number of hydrogen-bond donors (Lipinski definition) is 5. The highest BCUT2D eigenvalue weighted by molar-refractivity contribution is 8.01. The monoisotopic (exact) mass is 781 g/mol. The maximum Gasteiger partial charge on any atom is 0.324 e. The number of rotatable bonds is 10. The van der Waals surface area contributed by atoms with Crippen molar-refractivity contribution in [3.63, 3.8) is 0 Å². The summed E-state index contributed by atoms with van der Waals surface area (Å²) in [5.74, 6) is -0.277. The topological polar surface area (TPSA) is 198 Å². The molecule has 4 aromatic heterocycles. The Kier molecular flexibility index (Phi) is 11.6. The minimum atomic E-state index is -0.564. The molecule has 4 amide bonds.